The molecular formula is C18H30S2+2. The predicted molar refractivity (Wildman–Crippen MR) is 96.9 cm³/mol. The van der Waals surface area contributed by atoms with Gasteiger partial charge in [-0.25, -0.2) is 0 Å². The van der Waals surface area contributed by atoms with Crippen LogP contribution in [0.1, 0.15) is 39.5 Å². The van der Waals surface area contributed by atoms with Gasteiger partial charge in [-0.2, -0.15) is 0 Å². The lowest BCUT2D eigenvalue weighted by Crippen LogP contribution is -2.33. The molecule has 2 fully saturated rings. The summed E-state index contributed by atoms with van der Waals surface area (Å²) in [6.45, 7) is 4.96. The van der Waals surface area contributed by atoms with Crippen LogP contribution in [-0.2, 0) is 21.8 Å². The molecule has 112 valence electrons. The summed E-state index contributed by atoms with van der Waals surface area (Å²) in [5.41, 5.74) is 2.09. The van der Waals surface area contributed by atoms with E-state index in [0.29, 0.717) is 16.3 Å². The van der Waals surface area contributed by atoms with Gasteiger partial charge in [0.2, 0.25) is 0 Å². The molecule has 0 aromatic rings. The Morgan fingerprint density at radius 3 is 2.25 bits per heavy atom. The molecule has 0 nitrogen and oxygen atoms in total. The summed E-state index contributed by atoms with van der Waals surface area (Å²) in [6.07, 6.45) is 13.6. The Hall–Kier alpha value is 0.180. The van der Waals surface area contributed by atoms with Crippen molar-refractivity contribution in [1.29, 1.82) is 0 Å². The Labute approximate surface area is 131 Å². The van der Waals surface area contributed by atoms with E-state index in [0.717, 1.165) is 16.8 Å². The summed E-state index contributed by atoms with van der Waals surface area (Å²) < 4.78 is 0. The fourth-order valence-electron chi connectivity index (χ4n) is 3.69. The summed E-state index contributed by atoms with van der Waals surface area (Å²) in [4.78, 5) is 0. The highest BCUT2D eigenvalue weighted by Crippen LogP contribution is 2.38. The second kappa shape index (κ2) is 6.52. The Morgan fingerprint density at radius 1 is 1.05 bits per heavy atom. The molecule has 2 heterocycles. The molecule has 2 heteroatoms. The van der Waals surface area contributed by atoms with Crippen molar-refractivity contribution in [1.82, 2.24) is 0 Å². The Bertz CT molecular complexity index is 386. The van der Waals surface area contributed by atoms with E-state index in [1.807, 2.05) is 0 Å². The first-order valence-electron chi connectivity index (χ1n) is 8.34. The van der Waals surface area contributed by atoms with Gasteiger partial charge in [0, 0.05) is 5.41 Å². The molecule has 0 bridgehead atoms. The molecule has 3 aliphatic rings. The van der Waals surface area contributed by atoms with Crippen LogP contribution in [-0.4, -0.2) is 34.5 Å². The van der Waals surface area contributed by atoms with E-state index in [-0.39, 0.29) is 0 Å². The number of allylic oxidation sites excluding steroid dienone is 3. The van der Waals surface area contributed by atoms with Crippen molar-refractivity contribution < 1.29 is 0 Å². The van der Waals surface area contributed by atoms with Gasteiger partial charge in [0.1, 0.15) is 34.5 Å². The summed E-state index contributed by atoms with van der Waals surface area (Å²) in [7, 11) is 1.43. The monoisotopic (exact) mass is 310 g/mol. The molecule has 20 heavy (non-hydrogen) atoms. The molecule has 0 radical (unpaired) electrons. The summed E-state index contributed by atoms with van der Waals surface area (Å²) in [6, 6.07) is 0. The van der Waals surface area contributed by atoms with E-state index < -0.39 is 0 Å². The van der Waals surface area contributed by atoms with Crippen LogP contribution in [0, 0.1) is 11.3 Å². The molecule has 2 aliphatic heterocycles. The van der Waals surface area contributed by atoms with E-state index in [2.05, 4.69) is 32.1 Å². The first-order valence-corrected chi connectivity index (χ1v) is 11.8. The molecule has 0 saturated carbocycles. The minimum atomic E-state index is 0.440. The third-order valence-electron chi connectivity index (χ3n) is 5.30. The van der Waals surface area contributed by atoms with Crippen LogP contribution in [0.4, 0.5) is 0 Å². The molecule has 2 saturated heterocycles. The second-order valence-corrected chi connectivity index (χ2v) is 11.8. The van der Waals surface area contributed by atoms with Crippen LogP contribution in [0.25, 0.3) is 0 Å². The third-order valence-corrected chi connectivity index (χ3v) is 10.5. The van der Waals surface area contributed by atoms with Crippen LogP contribution in [0.5, 0.6) is 0 Å². The number of hydrogen-bond acceptors (Lipinski definition) is 0. The van der Waals surface area contributed by atoms with E-state index in [9.17, 15) is 0 Å². The van der Waals surface area contributed by atoms with Gasteiger partial charge in [0.05, 0.1) is 0 Å². The van der Waals surface area contributed by atoms with E-state index >= 15 is 0 Å². The second-order valence-electron chi connectivity index (χ2n) is 7.11. The van der Waals surface area contributed by atoms with Gasteiger partial charge in [-0.1, -0.05) is 32.1 Å². The van der Waals surface area contributed by atoms with Crippen molar-refractivity contribution in [2.45, 2.75) is 39.5 Å². The maximum atomic E-state index is 2.62. The molecule has 0 amide bonds. The average molecular weight is 311 g/mol. The van der Waals surface area contributed by atoms with Crippen molar-refractivity contribution in [3.8, 4) is 0 Å². The molecule has 0 aromatic carbocycles. The normalized spacial score (nSPS) is 35.7. The standard InChI is InChI=1S/C18H30S2/c1-16-13-17(14-19-9-3-4-10-19)7-8-18(16,2)15-20-11-5-6-12-20/h7-8,13,16H,3-6,9-12,14-15H2,1-2H3/q+2. The van der Waals surface area contributed by atoms with Gasteiger partial charge in [-0.15, -0.1) is 0 Å². The maximum absolute atomic E-state index is 2.62. The van der Waals surface area contributed by atoms with Crippen molar-refractivity contribution in [2.24, 2.45) is 11.3 Å². The molecular weight excluding hydrogens is 280 g/mol. The van der Waals surface area contributed by atoms with Crippen molar-refractivity contribution in [3.63, 3.8) is 0 Å². The molecule has 3 rings (SSSR count). The highest BCUT2D eigenvalue weighted by Gasteiger charge is 2.39. The maximum Gasteiger partial charge on any atom is 0.132 e. The summed E-state index contributed by atoms with van der Waals surface area (Å²) >= 11 is 0. The fourth-order valence-corrected chi connectivity index (χ4v) is 9.02. The van der Waals surface area contributed by atoms with Gasteiger partial charge >= 0.3 is 0 Å². The van der Waals surface area contributed by atoms with E-state index in [1.54, 1.807) is 5.57 Å². The first-order chi connectivity index (χ1) is 9.66. The minimum Gasteiger partial charge on any atom is -0.0729 e. The highest BCUT2D eigenvalue weighted by atomic mass is 32.2. The average Bonchev–Trinajstić information content (AvgIpc) is 3.08. The van der Waals surface area contributed by atoms with Crippen molar-refractivity contribution in [2.75, 3.05) is 34.5 Å². The van der Waals surface area contributed by atoms with Crippen molar-refractivity contribution in [3.05, 3.63) is 23.8 Å². The van der Waals surface area contributed by atoms with Crippen molar-refractivity contribution >= 4 is 21.8 Å². The molecule has 1 aliphatic carbocycles. The van der Waals surface area contributed by atoms with Gasteiger partial charge < -0.3 is 0 Å². The highest BCUT2D eigenvalue weighted by molar-refractivity contribution is 7.97. The Kier molecular flexibility index (Phi) is 4.92. The topological polar surface area (TPSA) is 0 Å². The molecule has 0 N–H and O–H groups in total. The predicted octanol–water partition coefficient (Wildman–Crippen LogP) is 3.95. The Balaban J connectivity index is 1.59. The lowest BCUT2D eigenvalue weighted by atomic mass is 9.75. The van der Waals surface area contributed by atoms with Gasteiger partial charge in [0.25, 0.3) is 0 Å². The largest absolute Gasteiger partial charge is 0.132 e. The smallest absolute Gasteiger partial charge is 0.0729 e. The third kappa shape index (κ3) is 3.50. The SMILES string of the molecule is CC1C=C(C[S+]2CCCC2)C=CC1(C)C[S+]1CCCC1. The molecule has 2 unspecified atom stereocenters. The van der Waals surface area contributed by atoms with E-state index in [4.69, 9.17) is 0 Å². The van der Waals surface area contributed by atoms with Gasteiger partial charge in [0.15, 0.2) is 0 Å². The van der Waals surface area contributed by atoms with Crippen LogP contribution in [0.2, 0.25) is 0 Å². The zero-order valence-corrected chi connectivity index (χ0v) is 14.8. The minimum absolute atomic E-state index is 0.440. The fraction of sp³-hybridized carbons (Fsp3) is 0.778. The number of rotatable bonds is 4. The van der Waals surface area contributed by atoms with Gasteiger partial charge in [-0.05, 0) is 59.0 Å². The van der Waals surface area contributed by atoms with Crippen LogP contribution >= 0.6 is 0 Å². The van der Waals surface area contributed by atoms with Crippen LogP contribution < -0.4 is 0 Å². The zero-order chi connectivity index (χ0) is 14.0. The van der Waals surface area contributed by atoms with E-state index in [1.165, 1.54) is 60.2 Å². The van der Waals surface area contributed by atoms with Crippen LogP contribution in [0.15, 0.2) is 23.8 Å². The summed E-state index contributed by atoms with van der Waals surface area (Å²) in [5, 5.41) is 0. The van der Waals surface area contributed by atoms with Gasteiger partial charge in [-0.3, -0.25) is 0 Å². The lowest BCUT2D eigenvalue weighted by molar-refractivity contribution is 0.369. The molecule has 0 spiro atoms. The number of hydrogen-bond donors (Lipinski definition) is 0. The quantitative estimate of drug-likeness (QED) is 0.690. The zero-order valence-electron chi connectivity index (χ0n) is 13.2. The van der Waals surface area contributed by atoms with Crippen LogP contribution in [0.3, 0.4) is 0 Å². The molecule has 0 aromatic heterocycles. The molecule has 2 atom stereocenters. The first kappa shape index (κ1) is 15.1. The lowest BCUT2D eigenvalue weighted by Gasteiger charge is -2.32. The Morgan fingerprint density at radius 2 is 1.65 bits per heavy atom. The summed E-state index contributed by atoms with van der Waals surface area (Å²) in [5.74, 6) is 9.58.